The largest absolute Gasteiger partial charge is 0.370 e. The molecule has 6 nitrogen and oxygen atoms in total. The predicted molar refractivity (Wildman–Crippen MR) is 103 cm³/mol. The Labute approximate surface area is 152 Å². The summed E-state index contributed by atoms with van der Waals surface area (Å²) in [5.74, 6) is 1.68. The summed E-state index contributed by atoms with van der Waals surface area (Å²) in [6.07, 6.45) is 5.15. The van der Waals surface area contributed by atoms with Gasteiger partial charge in [-0.05, 0) is 24.7 Å². The van der Waals surface area contributed by atoms with Gasteiger partial charge in [-0.15, -0.1) is 0 Å². The third-order valence-electron chi connectivity index (χ3n) is 4.42. The Bertz CT molecular complexity index is 564. The van der Waals surface area contributed by atoms with Gasteiger partial charge in [0.25, 0.3) is 0 Å². The van der Waals surface area contributed by atoms with Crippen LogP contribution in [0.3, 0.4) is 0 Å². The van der Waals surface area contributed by atoms with Crippen LogP contribution >= 0.6 is 0 Å². The summed E-state index contributed by atoms with van der Waals surface area (Å²) in [5.41, 5.74) is 1.34. The van der Waals surface area contributed by atoms with Gasteiger partial charge in [0.15, 0.2) is 5.96 Å². The molecular formula is C19H35N5O. The number of ether oxygens (including phenoxy) is 1. The smallest absolute Gasteiger partial charge is 0.194 e. The SMILES string of the molecule is CCNC(=NCC(C)(C)CC(C)C)N1CCOC(c2cnn(C)c2)C1. The van der Waals surface area contributed by atoms with Crippen molar-refractivity contribution in [2.24, 2.45) is 23.4 Å². The third-order valence-corrected chi connectivity index (χ3v) is 4.42. The zero-order chi connectivity index (χ0) is 18.4. The second-order valence-corrected chi connectivity index (χ2v) is 8.19. The summed E-state index contributed by atoms with van der Waals surface area (Å²) in [7, 11) is 1.94. The Kier molecular flexibility index (Phi) is 6.87. The highest BCUT2D eigenvalue weighted by molar-refractivity contribution is 5.80. The molecule has 0 radical (unpaired) electrons. The van der Waals surface area contributed by atoms with Gasteiger partial charge in [0, 0.05) is 38.4 Å². The van der Waals surface area contributed by atoms with E-state index in [-0.39, 0.29) is 11.5 Å². The molecule has 1 N–H and O–H groups in total. The molecule has 0 spiro atoms. The van der Waals surface area contributed by atoms with Gasteiger partial charge < -0.3 is 15.0 Å². The van der Waals surface area contributed by atoms with Crippen molar-refractivity contribution < 1.29 is 4.74 Å². The normalized spacial score (nSPS) is 19.6. The molecule has 0 amide bonds. The monoisotopic (exact) mass is 349 g/mol. The molecule has 2 rings (SSSR count). The van der Waals surface area contributed by atoms with E-state index in [9.17, 15) is 0 Å². The Morgan fingerprint density at radius 3 is 2.84 bits per heavy atom. The van der Waals surface area contributed by atoms with Crippen molar-refractivity contribution >= 4 is 5.96 Å². The second-order valence-electron chi connectivity index (χ2n) is 8.19. The van der Waals surface area contributed by atoms with E-state index in [1.807, 2.05) is 24.1 Å². The van der Waals surface area contributed by atoms with Crippen molar-refractivity contribution in [3.63, 3.8) is 0 Å². The fourth-order valence-electron chi connectivity index (χ4n) is 3.53. The minimum atomic E-state index is 0.0509. The summed E-state index contributed by atoms with van der Waals surface area (Å²) in [6.45, 7) is 15.4. The average molecular weight is 350 g/mol. The summed E-state index contributed by atoms with van der Waals surface area (Å²) < 4.78 is 7.78. The molecule has 1 saturated heterocycles. The lowest BCUT2D eigenvalue weighted by atomic mass is 9.84. The third kappa shape index (κ3) is 6.03. The topological polar surface area (TPSA) is 54.7 Å². The van der Waals surface area contributed by atoms with Crippen molar-refractivity contribution in [1.29, 1.82) is 0 Å². The predicted octanol–water partition coefficient (Wildman–Crippen LogP) is 2.83. The minimum Gasteiger partial charge on any atom is -0.370 e. The Balaban J connectivity index is 2.06. The van der Waals surface area contributed by atoms with E-state index in [1.54, 1.807) is 0 Å². The van der Waals surface area contributed by atoms with Crippen LogP contribution in [0.5, 0.6) is 0 Å². The first-order valence-electron chi connectivity index (χ1n) is 9.44. The molecule has 142 valence electrons. The van der Waals surface area contributed by atoms with Crippen molar-refractivity contribution in [2.45, 2.75) is 47.1 Å². The molecule has 0 bridgehead atoms. The van der Waals surface area contributed by atoms with Crippen LogP contribution in [0.4, 0.5) is 0 Å². The fourth-order valence-corrected chi connectivity index (χ4v) is 3.53. The van der Waals surface area contributed by atoms with Crippen molar-refractivity contribution in [1.82, 2.24) is 20.0 Å². The second kappa shape index (κ2) is 8.70. The van der Waals surface area contributed by atoms with Crippen molar-refractivity contribution in [2.75, 3.05) is 32.8 Å². The van der Waals surface area contributed by atoms with Gasteiger partial charge in [0.1, 0.15) is 6.10 Å². The molecule has 1 unspecified atom stereocenters. The lowest BCUT2D eigenvalue weighted by molar-refractivity contribution is -0.00810. The molecule has 1 aliphatic heterocycles. The highest BCUT2D eigenvalue weighted by Gasteiger charge is 2.26. The van der Waals surface area contributed by atoms with E-state index in [4.69, 9.17) is 9.73 Å². The van der Waals surface area contributed by atoms with Crippen molar-refractivity contribution in [3.05, 3.63) is 18.0 Å². The molecule has 1 aromatic rings. The van der Waals surface area contributed by atoms with Crippen LogP contribution in [0.2, 0.25) is 0 Å². The summed E-state index contributed by atoms with van der Waals surface area (Å²) in [6, 6.07) is 0. The molecule has 0 aromatic carbocycles. The number of aromatic nitrogens is 2. The van der Waals surface area contributed by atoms with Crippen LogP contribution in [-0.4, -0.2) is 53.4 Å². The van der Waals surface area contributed by atoms with Crippen LogP contribution in [0.15, 0.2) is 17.4 Å². The molecule has 1 fully saturated rings. The zero-order valence-corrected chi connectivity index (χ0v) is 16.7. The van der Waals surface area contributed by atoms with E-state index >= 15 is 0 Å². The van der Waals surface area contributed by atoms with Crippen LogP contribution in [0.25, 0.3) is 0 Å². The molecule has 1 aliphatic rings. The van der Waals surface area contributed by atoms with Gasteiger partial charge in [-0.3, -0.25) is 9.67 Å². The lowest BCUT2D eigenvalue weighted by Gasteiger charge is -2.35. The molecule has 6 heteroatoms. The van der Waals surface area contributed by atoms with Gasteiger partial charge >= 0.3 is 0 Å². The number of aryl methyl sites for hydroxylation is 1. The Morgan fingerprint density at radius 2 is 2.24 bits per heavy atom. The number of nitrogens with one attached hydrogen (secondary N) is 1. The average Bonchev–Trinajstić information content (AvgIpc) is 2.97. The first-order chi connectivity index (χ1) is 11.8. The van der Waals surface area contributed by atoms with E-state index < -0.39 is 0 Å². The van der Waals surface area contributed by atoms with E-state index in [2.05, 4.69) is 49.9 Å². The Hall–Kier alpha value is -1.56. The fraction of sp³-hybridized carbons (Fsp3) is 0.789. The highest BCUT2D eigenvalue weighted by atomic mass is 16.5. The standard InChI is InChI=1S/C19H35N5O/c1-7-20-18(21-14-19(4,5)10-15(2)3)24-8-9-25-17(13-24)16-11-22-23(6)12-16/h11-12,15,17H,7-10,13-14H2,1-6H3,(H,20,21). The summed E-state index contributed by atoms with van der Waals surface area (Å²) in [4.78, 5) is 7.27. The number of morpholine rings is 1. The van der Waals surface area contributed by atoms with Crippen molar-refractivity contribution in [3.8, 4) is 0 Å². The molecule has 25 heavy (non-hydrogen) atoms. The van der Waals surface area contributed by atoms with Crippen LogP contribution in [0.1, 0.15) is 52.7 Å². The van der Waals surface area contributed by atoms with E-state index in [0.717, 1.165) is 37.7 Å². The quantitative estimate of drug-likeness (QED) is 0.634. The number of hydrogen-bond donors (Lipinski definition) is 1. The number of rotatable bonds is 6. The number of aliphatic imine (C=N–C) groups is 1. The highest BCUT2D eigenvalue weighted by Crippen LogP contribution is 2.26. The molecular weight excluding hydrogens is 314 g/mol. The molecule has 0 saturated carbocycles. The lowest BCUT2D eigenvalue weighted by Crippen LogP contribution is -2.48. The number of hydrogen-bond acceptors (Lipinski definition) is 3. The molecule has 1 atom stereocenters. The van der Waals surface area contributed by atoms with Gasteiger partial charge in [0.2, 0.25) is 0 Å². The van der Waals surface area contributed by atoms with Gasteiger partial charge in [-0.25, -0.2) is 0 Å². The summed E-state index contributed by atoms with van der Waals surface area (Å²) in [5, 5.41) is 7.72. The van der Waals surface area contributed by atoms with Gasteiger partial charge in [0.05, 0.1) is 19.3 Å². The minimum absolute atomic E-state index is 0.0509. The van der Waals surface area contributed by atoms with Gasteiger partial charge in [-0.1, -0.05) is 27.7 Å². The van der Waals surface area contributed by atoms with E-state index in [1.165, 1.54) is 6.42 Å². The van der Waals surface area contributed by atoms with E-state index in [0.29, 0.717) is 12.5 Å². The maximum atomic E-state index is 5.96. The first kappa shape index (κ1) is 19.8. The summed E-state index contributed by atoms with van der Waals surface area (Å²) >= 11 is 0. The van der Waals surface area contributed by atoms with Gasteiger partial charge in [-0.2, -0.15) is 5.10 Å². The Morgan fingerprint density at radius 1 is 1.48 bits per heavy atom. The van der Waals surface area contributed by atoms with Crippen LogP contribution in [0, 0.1) is 11.3 Å². The molecule has 1 aromatic heterocycles. The molecule has 2 heterocycles. The number of guanidine groups is 1. The first-order valence-corrected chi connectivity index (χ1v) is 9.44. The zero-order valence-electron chi connectivity index (χ0n) is 16.7. The van der Waals surface area contributed by atoms with Crippen LogP contribution < -0.4 is 5.32 Å². The maximum Gasteiger partial charge on any atom is 0.194 e. The maximum absolute atomic E-state index is 5.96. The van der Waals surface area contributed by atoms with Crippen LogP contribution in [-0.2, 0) is 11.8 Å². The number of nitrogens with zero attached hydrogens (tertiary/aromatic N) is 4. The molecule has 0 aliphatic carbocycles.